The Bertz CT molecular complexity index is 1740. The maximum absolute atomic E-state index is 14.6. The number of aromatic nitrogens is 4. The van der Waals surface area contributed by atoms with E-state index < -0.39 is 23.7 Å². The molecule has 46 heavy (non-hydrogen) atoms. The molecule has 1 aliphatic heterocycles. The van der Waals surface area contributed by atoms with E-state index in [9.17, 15) is 23.6 Å². The van der Waals surface area contributed by atoms with Crippen LogP contribution in [0.4, 0.5) is 10.1 Å². The van der Waals surface area contributed by atoms with Gasteiger partial charge in [0.1, 0.15) is 17.2 Å². The summed E-state index contributed by atoms with van der Waals surface area (Å²) in [6, 6.07) is 10.6. The molecule has 2 amide bonds. The van der Waals surface area contributed by atoms with Crippen molar-refractivity contribution in [3.8, 4) is 11.3 Å². The summed E-state index contributed by atoms with van der Waals surface area (Å²) in [7, 11) is 1.85. The van der Waals surface area contributed by atoms with E-state index in [-0.39, 0.29) is 22.9 Å². The molecule has 0 aliphatic carbocycles. The monoisotopic (exact) mass is 633 g/mol. The zero-order chi connectivity index (χ0) is 33.4. The number of piperidine rings is 1. The number of nitrogens with one attached hydrogen (secondary N) is 2. The van der Waals surface area contributed by atoms with Crippen LogP contribution in [0.2, 0.25) is 0 Å². The number of likely N-dealkylation sites (tertiary alicyclic amines) is 1. The molecule has 4 heterocycles. The maximum atomic E-state index is 14.6. The predicted molar refractivity (Wildman–Crippen MR) is 168 cm³/mol. The number of amides is 2. The molecule has 5 rings (SSSR count). The highest BCUT2D eigenvalue weighted by Crippen LogP contribution is 2.23. The topological polar surface area (TPSA) is 171 Å². The number of hydrogen-bond acceptors (Lipinski definition) is 7. The molecule has 3 aromatic heterocycles. The summed E-state index contributed by atoms with van der Waals surface area (Å²) in [5.41, 5.74) is 2.85. The summed E-state index contributed by atoms with van der Waals surface area (Å²) < 4.78 is 18.0. The first-order valence-corrected chi connectivity index (χ1v) is 14.7. The van der Waals surface area contributed by atoms with Gasteiger partial charge in [-0.15, -0.1) is 0 Å². The molecule has 13 nitrogen and oxygen atoms in total. The lowest BCUT2D eigenvalue weighted by molar-refractivity contribution is -0.134. The molecule has 1 saturated heterocycles. The predicted octanol–water partition coefficient (Wildman–Crippen LogP) is 3.83. The van der Waals surface area contributed by atoms with Crippen LogP contribution in [0, 0.1) is 5.82 Å². The van der Waals surface area contributed by atoms with E-state index in [1.165, 1.54) is 30.8 Å². The molecule has 1 aliphatic rings. The molecule has 0 radical (unpaired) electrons. The van der Waals surface area contributed by atoms with Crippen LogP contribution in [0.15, 0.2) is 67.1 Å². The quantitative estimate of drug-likeness (QED) is 0.200. The van der Waals surface area contributed by atoms with Crippen molar-refractivity contribution in [3.63, 3.8) is 0 Å². The Morgan fingerprint density at radius 3 is 2.33 bits per heavy atom. The van der Waals surface area contributed by atoms with Crippen LogP contribution >= 0.6 is 0 Å². The van der Waals surface area contributed by atoms with E-state index in [1.54, 1.807) is 21.5 Å². The van der Waals surface area contributed by atoms with E-state index in [4.69, 9.17) is 10.2 Å². The Morgan fingerprint density at radius 2 is 1.70 bits per heavy atom. The van der Waals surface area contributed by atoms with Crippen LogP contribution in [0.5, 0.6) is 0 Å². The molecular formula is C32H36FN7O6. The molecular weight excluding hydrogens is 597 g/mol. The van der Waals surface area contributed by atoms with Crippen LogP contribution in [0.1, 0.15) is 54.0 Å². The smallest absolute Gasteiger partial charge is 0.328 e. The van der Waals surface area contributed by atoms with Gasteiger partial charge in [0.15, 0.2) is 0 Å². The fraction of sp³-hybridized carbons (Fsp3) is 0.312. The summed E-state index contributed by atoms with van der Waals surface area (Å²) in [4.78, 5) is 51.7. The summed E-state index contributed by atoms with van der Waals surface area (Å²) in [6.07, 6.45) is 9.57. The van der Waals surface area contributed by atoms with Crippen molar-refractivity contribution < 1.29 is 33.8 Å². The number of carboxylic acids is 2. The van der Waals surface area contributed by atoms with Crippen molar-refractivity contribution in [1.29, 1.82) is 0 Å². The normalized spacial score (nSPS) is 16.5. The molecule has 0 saturated carbocycles. The van der Waals surface area contributed by atoms with E-state index >= 15 is 0 Å². The second kappa shape index (κ2) is 15.1. The zero-order valence-electron chi connectivity index (χ0n) is 25.7. The highest BCUT2D eigenvalue weighted by Gasteiger charge is 2.24. The number of nitrogens with zero attached hydrogens (tertiary/aromatic N) is 5. The largest absolute Gasteiger partial charge is 0.478 e. The summed E-state index contributed by atoms with van der Waals surface area (Å²) >= 11 is 0. The van der Waals surface area contributed by atoms with E-state index in [2.05, 4.69) is 39.5 Å². The fourth-order valence-electron chi connectivity index (χ4n) is 5.37. The number of anilines is 1. The zero-order valence-corrected chi connectivity index (χ0v) is 25.7. The van der Waals surface area contributed by atoms with Crippen molar-refractivity contribution in [2.75, 3.05) is 18.4 Å². The highest BCUT2D eigenvalue weighted by molar-refractivity contribution is 6.04. The molecule has 0 bridgehead atoms. The number of carboxylic acid groups (broad SMARTS) is 2. The molecule has 0 spiro atoms. The van der Waals surface area contributed by atoms with Crippen LogP contribution in [-0.4, -0.2) is 83.2 Å². The van der Waals surface area contributed by atoms with Gasteiger partial charge in [-0.3, -0.25) is 23.6 Å². The van der Waals surface area contributed by atoms with Crippen molar-refractivity contribution >= 4 is 35.1 Å². The number of halogens is 1. The fourth-order valence-corrected chi connectivity index (χ4v) is 5.37. The van der Waals surface area contributed by atoms with Gasteiger partial charge < -0.3 is 20.8 Å². The van der Waals surface area contributed by atoms with Gasteiger partial charge in [-0.25, -0.2) is 19.0 Å². The summed E-state index contributed by atoms with van der Waals surface area (Å²) in [6.45, 7) is 5.69. The van der Waals surface area contributed by atoms with Gasteiger partial charge in [-0.2, -0.15) is 5.10 Å². The summed E-state index contributed by atoms with van der Waals surface area (Å²) in [5.74, 6) is -3.98. The van der Waals surface area contributed by atoms with Gasteiger partial charge in [0, 0.05) is 67.9 Å². The first kappa shape index (κ1) is 33.5. The lowest BCUT2D eigenvalue weighted by Gasteiger charge is -2.39. The van der Waals surface area contributed by atoms with E-state index in [0.717, 1.165) is 30.6 Å². The van der Waals surface area contributed by atoms with Gasteiger partial charge in [-0.1, -0.05) is 6.42 Å². The number of fused-ring (bicyclic) bond motifs is 1. The van der Waals surface area contributed by atoms with Gasteiger partial charge in [-0.05, 0) is 63.1 Å². The minimum Gasteiger partial charge on any atom is -0.478 e. The average Bonchev–Trinajstić information content (AvgIpc) is 3.64. The minimum absolute atomic E-state index is 0.0672. The Balaban J connectivity index is 0.000000533. The summed E-state index contributed by atoms with van der Waals surface area (Å²) in [5, 5.41) is 25.3. The van der Waals surface area contributed by atoms with Crippen LogP contribution < -0.4 is 10.6 Å². The van der Waals surface area contributed by atoms with Crippen molar-refractivity contribution in [2.24, 2.45) is 7.05 Å². The molecule has 1 fully saturated rings. The van der Waals surface area contributed by atoms with E-state index in [0.29, 0.717) is 36.4 Å². The Morgan fingerprint density at radius 1 is 1.00 bits per heavy atom. The number of carbonyl (C=O) groups is 4. The van der Waals surface area contributed by atoms with Gasteiger partial charge in [0.2, 0.25) is 0 Å². The lowest BCUT2D eigenvalue weighted by atomic mass is 9.98. The second-order valence-corrected chi connectivity index (χ2v) is 10.9. The molecule has 4 N–H and O–H groups in total. The number of pyridine rings is 1. The van der Waals surface area contributed by atoms with Crippen LogP contribution in [0.3, 0.4) is 0 Å². The Labute approximate surface area is 264 Å². The third-order valence-electron chi connectivity index (χ3n) is 7.74. The molecule has 1 aromatic carbocycles. The number of benzene rings is 1. The standard InChI is InChI=1S/C28H32FN7O2.C4H4O4/c1-18-5-4-6-19(2)35(18)14-12-30-27(37)21-7-8-22(29)23(15-21)33-28(38)25-17-31-26-16-20(10-13-36(25)26)24-9-11-32-34(24)3;5-3(6)1-2-4(7)8/h7-11,13,15-19H,4-6,12,14H2,1-3H3,(H,30,37)(H,33,38);1-2H,(H,5,6)(H,7,8)/b;2-1-/t18-,19+;. The van der Waals surface area contributed by atoms with Crippen LogP contribution in [-0.2, 0) is 16.6 Å². The number of aliphatic carboxylic acids is 2. The Hall–Kier alpha value is -5.37. The molecule has 14 heteroatoms. The minimum atomic E-state index is -1.26. The average molecular weight is 634 g/mol. The number of imidazole rings is 1. The van der Waals surface area contributed by atoms with Gasteiger partial charge in [0.25, 0.3) is 11.8 Å². The number of aryl methyl sites for hydroxylation is 1. The van der Waals surface area contributed by atoms with Crippen molar-refractivity contribution in [3.05, 3.63) is 84.2 Å². The van der Waals surface area contributed by atoms with Gasteiger partial charge >= 0.3 is 11.9 Å². The molecule has 2 atom stereocenters. The Kier molecular flexibility index (Phi) is 11.0. The molecule has 0 unspecified atom stereocenters. The first-order valence-electron chi connectivity index (χ1n) is 14.7. The third kappa shape index (κ3) is 8.41. The SMILES string of the molecule is C[C@@H]1CCC[C@H](C)N1CCNC(=O)c1ccc(F)c(NC(=O)c2cnc3cc(-c4ccnn4C)ccn23)c1.O=C(O)/C=C\C(=O)O. The third-order valence-corrected chi connectivity index (χ3v) is 7.74. The molecule has 4 aromatic rings. The maximum Gasteiger partial charge on any atom is 0.328 e. The van der Waals surface area contributed by atoms with Crippen molar-refractivity contribution in [2.45, 2.75) is 45.2 Å². The number of carbonyl (C=O) groups excluding carboxylic acids is 2. The first-order chi connectivity index (χ1) is 21.9. The van der Waals surface area contributed by atoms with Gasteiger partial charge in [0.05, 0.1) is 17.6 Å². The number of rotatable bonds is 9. The lowest BCUT2D eigenvalue weighted by Crippen LogP contribution is -2.47. The number of hydrogen-bond donors (Lipinski definition) is 4. The van der Waals surface area contributed by atoms with Crippen LogP contribution in [0.25, 0.3) is 16.9 Å². The molecule has 242 valence electrons. The van der Waals surface area contributed by atoms with Crippen molar-refractivity contribution in [1.82, 2.24) is 29.4 Å². The second-order valence-electron chi connectivity index (χ2n) is 10.9. The highest BCUT2D eigenvalue weighted by atomic mass is 19.1. The van der Waals surface area contributed by atoms with E-state index in [1.807, 2.05) is 25.2 Å².